The van der Waals surface area contributed by atoms with E-state index in [-0.39, 0.29) is 11.5 Å². The van der Waals surface area contributed by atoms with Crippen molar-refractivity contribution in [2.75, 3.05) is 26.3 Å². The number of carbonyl (C=O) groups is 1. The first-order valence-electron chi connectivity index (χ1n) is 9.26. The van der Waals surface area contributed by atoms with Crippen molar-refractivity contribution in [2.45, 2.75) is 31.3 Å². The summed E-state index contributed by atoms with van der Waals surface area (Å²) in [6.07, 6.45) is 8.78. The van der Waals surface area contributed by atoms with Gasteiger partial charge in [0, 0.05) is 25.9 Å². The van der Waals surface area contributed by atoms with Crippen molar-refractivity contribution in [1.29, 1.82) is 0 Å². The first kappa shape index (κ1) is 17.1. The third-order valence-corrected chi connectivity index (χ3v) is 5.60. The molecule has 2 saturated heterocycles. The van der Waals surface area contributed by atoms with E-state index >= 15 is 0 Å². The summed E-state index contributed by atoms with van der Waals surface area (Å²) >= 11 is 0. The Morgan fingerprint density at radius 3 is 2.92 bits per heavy atom. The molecule has 2 fully saturated rings. The molecule has 0 unspecified atom stereocenters. The lowest BCUT2D eigenvalue weighted by molar-refractivity contribution is -0.0651. The molecule has 0 aliphatic carbocycles. The molecule has 6 nitrogen and oxygen atoms in total. The summed E-state index contributed by atoms with van der Waals surface area (Å²) in [5, 5.41) is 0. The number of furan rings is 1. The van der Waals surface area contributed by atoms with E-state index in [1.165, 1.54) is 6.26 Å². The lowest BCUT2D eigenvalue weighted by Gasteiger charge is -2.42. The number of carbonyl (C=O) groups excluding carboxylic acids is 1. The van der Waals surface area contributed by atoms with Crippen LogP contribution in [0.15, 0.2) is 47.3 Å². The molecule has 26 heavy (non-hydrogen) atoms. The first-order chi connectivity index (χ1) is 12.8. The summed E-state index contributed by atoms with van der Waals surface area (Å²) < 4.78 is 17.2. The average Bonchev–Trinajstić information content (AvgIpc) is 3.34. The van der Waals surface area contributed by atoms with Crippen LogP contribution in [0.3, 0.4) is 0 Å². The van der Waals surface area contributed by atoms with Gasteiger partial charge in [0.1, 0.15) is 5.75 Å². The van der Waals surface area contributed by atoms with Gasteiger partial charge in [-0.25, -0.2) is 0 Å². The highest BCUT2D eigenvalue weighted by atomic mass is 16.5. The normalized spacial score (nSPS) is 21.8. The quantitative estimate of drug-likeness (QED) is 0.823. The summed E-state index contributed by atoms with van der Waals surface area (Å²) in [6, 6.07) is 7.27. The molecule has 1 spiro atoms. The minimum Gasteiger partial charge on any atom is -0.492 e. The summed E-state index contributed by atoms with van der Waals surface area (Å²) in [5.41, 5.74) is -0.113. The molecular formula is C20H24N2O4. The number of amides is 1. The van der Waals surface area contributed by atoms with Crippen molar-refractivity contribution in [3.8, 4) is 5.75 Å². The molecule has 1 amide bonds. The number of nitrogens with zero attached hydrogens (tertiary/aromatic N) is 2. The SMILES string of the molecule is O=C(c1ccco1)N1CCC2(CC1)OCC[C@@H]2CCOc1cccnc1. The van der Waals surface area contributed by atoms with Gasteiger partial charge in [-0.1, -0.05) is 0 Å². The maximum absolute atomic E-state index is 12.4. The van der Waals surface area contributed by atoms with Gasteiger partial charge in [-0.15, -0.1) is 0 Å². The van der Waals surface area contributed by atoms with Gasteiger partial charge in [0.2, 0.25) is 0 Å². The minimum atomic E-state index is -0.113. The molecule has 1 atom stereocenters. The Kier molecular flexibility index (Phi) is 4.93. The highest BCUT2D eigenvalue weighted by Gasteiger charge is 2.46. The number of rotatable bonds is 5. The van der Waals surface area contributed by atoms with E-state index in [9.17, 15) is 4.79 Å². The zero-order valence-electron chi connectivity index (χ0n) is 14.8. The molecule has 2 aromatic heterocycles. The predicted octanol–water partition coefficient (Wildman–Crippen LogP) is 3.16. The van der Waals surface area contributed by atoms with Crippen LogP contribution in [0.2, 0.25) is 0 Å². The predicted molar refractivity (Wildman–Crippen MR) is 95.0 cm³/mol. The summed E-state index contributed by atoms with van der Waals surface area (Å²) in [5.74, 6) is 1.66. The number of piperidine rings is 1. The van der Waals surface area contributed by atoms with E-state index in [4.69, 9.17) is 13.9 Å². The number of hydrogen-bond acceptors (Lipinski definition) is 5. The van der Waals surface area contributed by atoms with Crippen LogP contribution in [0.25, 0.3) is 0 Å². The first-order valence-corrected chi connectivity index (χ1v) is 9.26. The summed E-state index contributed by atoms with van der Waals surface area (Å²) in [7, 11) is 0. The molecule has 0 N–H and O–H groups in total. The van der Waals surface area contributed by atoms with E-state index in [1.54, 1.807) is 24.5 Å². The Balaban J connectivity index is 1.31. The third kappa shape index (κ3) is 3.46. The Hall–Kier alpha value is -2.34. The maximum Gasteiger partial charge on any atom is 0.289 e. The summed E-state index contributed by atoms with van der Waals surface area (Å²) in [6.45, 7) is 2.87. The van der Waals surface area contributed by atoms with Gasteiger partial charge in [0.05, 0.1) is 24.7 Å². The number of ether oxygens (including phenoxy) is 2. The molecule has 2 aromatic rings. The largest absolute Gasteiger partial charge is 0.492 e. The van der Waals surface area contributed by atoms with Crippen molar-refractivity contribution in [1.82, 2.24) is 9.88 Å². The van der Waals surface area contributed by atoms with E-state index in [0.717, 1.165) is 38.0 Å². The van der Waals surface area contributed by atoms with Crippen molar-refractivity contribution in [3.05, 3.63) is 48.7 Å². The van der Waals surface area contributed by atoms with Gasteiger partial charge in [-0.3, -0.25) is 9.78 Å². The van der Waals surface area contributed by atoms with E-state index < -0.39 is 0 Å². The van der Waals surface area contributed by atoms with E-state index in [1.807, 2.05) is 17.0 Å². The zero-order valence-corrected chi connectivity index (χ0v) is 14.8. The van der Waals surface area contributed by atoms with Crippen LogP contribution in [-0.4, -0.2) is 47.7 Å². The van der Waals surface area contributed by atoms with E-state index in [2.05, 4.69) is 4.98 Å². The molecule has 4 rings (SSSR count). The third-order valence-electron chi connectivity index (χ3n) is 5.60. The van der Waals surface area contributed by atoms with Crippen LogP contribution in [0.5, 0.6) is 5.75 Å². The van der Waals surface area contributed by atoms with Gasteiger partial charge in [-0.05, 0) is 55.9 Å². The van der Waals surface area contributed by atoms with Crippen LogP contribution in [-0.2, 0) is 4.74 Å². The molecule has 2 aliphatic rings. The fourth-order valence-electron chi connectivity index (χ4n) is 4.14. The number of likely N-dealkylation sites (tertiary alicyclic amines) is 1. The van der Waals surface area contributed by atoms with Crippen molar-refractivity contribution in [3.63, 3.8) is 0 Å². The average molecular weight is 356 g/mol. The van der Waals surface area contributed by atoms with E-state index in [0.29, 0.717) is 31.4 Å². The second kappa shape index (κ2) is 7.50. The fraction of sp³-hybridized carbons (Fsp3) is 0.500. The molecule has 138 valence electrons. The minimum absolute atomic E-state index is 0.0284. The van der Waals surface area contributed by atoms with Crippen LogP contribution >= 0.6 is 0 Å². The number of aromatic nitrogens is 1. The zero-order chi connectivity index (χ0) is 17.8. The van der Waals surface area contributed by atoms with Crippen LogP contribution in [0.1, 0.15) is 36.2 Å². The van der Waals surface area contributed by atoms with Crippen LogP contribution in [0.4, 0.5) is 0 Å². The Morgan fingerprint density at radius 1 is 1.31 bits per heavy atom. The molecule has 2 aliphatic heterocycles. The Bertz CT molecular complexity index is 709. The summed E-state index contributed by atoms with van der Waals surface area (Å²) in [4.78, 5) is 18.4. The smallest absolute Gasteiger partial charge is 0.289 e. The lowest BCUT2D eigenvalue weighted by Crippen LogP contribution is -2.49. The highest BCUT2D eigenvalue weighted by molar-refractivity contribution is 5.91. The van der Waals surface area contributed by atoms with Gasteiger partial charge < -0.3 is 18.8 Å². The molecule has 0 radical (unpaired) electrons. The molecule has 0 bridgehead atoms. The van der Waals surface area contributed by atoms with Crippen molar-refractivity contribution in [2.24, 2.45) is 5.92 Å². The van der Waals surface area contributed by atoms with Crippen molar-refractivity contribution < 1.29 is 18.7 Å². The number of hydrogen-bond donors (Lipinski definition) is 0. The fourth-order valence-corrected chi connectivity index (χ4v) is 4.14. The van der Waals surface area contributed by atoms with Gasteiger partial charge in [-0.2, -0.15) is 0 Å². The molecule has 6 heteroatoms. The van der Waals surface area contributed by atoms with Crippen LogP contribution < -0.4 is 4.74 Å². The topological polar surface area (TPSA) is 64.8 Å². The molecular weight excluding hydrogens is 332 g/mol. The standard InChI is InChI=1S/C20H24N2O4/c23-19(18-4-2-12-25-18)22-10-7-20(8-11-22)16(6-14-26-20)5-13-24-17-3-1-9-21-15-17/h1-4,9,12,15-16H,5-8,10-11,13-14H2/t16-/m0/s1. The molecule has 4 heterocycles. The van der Waals surface area contributed by atoms with Gasteiger partial charge in [0.25, 0.3) is 5.91 Å². The van der Waals surface area contributed by atoms with Crippen LogP contribution in [0, 0.1) is 5.92 Å². The Labute approximate surface area is 153 Å². The van der Waals surface area contributed by atoms with Gasteiger partial charge in [0.15, 0.2) is 5.76 Å². The molecule has 0 aromatic carbocycles. The lowest BCUT2D eigenvalue weighted by atomic mass is 9.78. The van der Waals surface area contributed by atoms with Crippen molar-refractivity contribution >= 4 is 5.91 Å². The monoisotopic (exact) mass is 356 g/mol. The second-order valence-electron chi connectivity index (χ2n) is 6.99. The maximum atomic E-state index is 12.4. The van der Waals surface area contributed by atoms with Gasteiger partial charge >= 0.3 is 0 Å². The Morgan fingerprint density at radius 2 is 2.19 bits per heavy atom. The number of pyridine rings is 1. The molecule has 0 saturated carbocycles. The highest BCUT2D eigenvalue weighted by Crippen LogP contribution is 2.42. The second-order valence-corrected chi connectivity index (χ2v) is 6.99.